The van der Waals surface area contributed by atoms with Gasteiger partial charge in [-0.1, -0.05) is 20.3 Å². The van der Waals surface area contributed by atoms with Crippen LogP contribution >= 0.6 is 0 Å². The summed E-state index contributed by atoms with van der Waals surface area (Å²) >= 11 is 0. The molecule has 1 aliphatic heterocycles. The molecule has 0 radical (unpaired) electrons. The summed E-state index contributed by atoms with van der Waals surface area (Å²) in [4.78, 5) is 13.9. The molecule has 1 N–H and O–H groups in total. The van der Waals surface area contributed by atoms with E-state index < -0.39 is 15.1 Å². The van der Waals surface area contributed by atoms with Crippen molar-refractivity contribution in [2.24, 2.45) is 5.92 Å². The minimum Gasteiger partial charge on any atom is -0.341 e. The second-order valence-corrected chi connectivity index (χ2v) is 7.74. The fourth-order valence-electron chi connectivity index (χ4n) is 2.62. The SMILES string of the molecule is CCNC1CCN(C(=O)C(C)S(C)(=O)=O)CC1CC. The summed E-state index contributed by atoms with van der Waals surface area (Å²) in [5, 5.41) is 2.52. The molecule has 0 saturated carbocycles. The smallest absolute Gasteiger partial charge is 0.240 e. The number of sulfone groups is 1. The van der Waals surface area contributed by atoms with Gasteiger partial charge in [-0.15, -0.1) is 0 Å². The molecule has 1 amide bonds. The van der Waals surface area contributed by atoms with Crippen LogP contribution in [0.4, 0.5) is 0 Å². The molecule has 112 valence electrons. The normalized spacial score (nSPS) is 26.2. The van der Waals surface area contributed by atoms with Crippen molar-refractivity contribution < 1.29 is 13.2 Å². The maximum Gasteiger partial charge on any atom is 0.240 e. The van der Waals surface area contributed by atoms with E-state index in [9.17, 15) is 13.2 Å². The molecule has 0 aliphatic carbocycles. The molecular weight excluding hydrogens is 264 g/mol. The zero-order chi connectivity index (χ0) is 14.6. The van der Waals surface area contributed by atoms with Crippen molar-refractivity contribution >= 4 is 15.7 Å². The summed E-state index contributed by atoms with van der Waals surface area (Å²) in [7, 11) is -3.31. The summed E-state index contributed by atoms with van der Waals surface area (Å²) in [6, 6.07) is 0.438. The topological polar surface area (TPSA) is 66.5 Å². The molecule has 5 nitrogen and oxygen atoms in total. The molecular formula is C13H26N2O3S. The van der Waals surface area contributed by atoms with E-state index in [0.29, 0.717) is 25.0 Å². The number of rotatable bonds is 5. The predicted octanol–water partition coefficient (Wildman–Crippen LogP) is 0.656. The van der Waals surface area contributed by atoms with Gasteiger partial charge in [-0.25, -0.2) is 8.42 Å². The third-order valence-corrected chi connectivity index (χ3v) is 5.51. The number of nitrogens with zero attached hydrogens (tertiary/aromatic N) is 1. The third-order valence-electron chi connectivity index (χ3n) is 4.03. The van der Waals surface area contributed by atoms with Gasteiger partial charge < -0.3 is 10.2 Å². The van der Waals surface area contributed by atoms with Crippen LogP contribution in [0.3, 0.4) is 0 Å². The van der Waals surface area contributed by atoms with Crippen molar-refractivity contribution in [2.45, 2.75) is 44.9 Å². The van der Waals surface area contributed by atoms with Gasteiger partial charge in [-0.3, -0.25) is 4.79 Å². The molecule has 19 heavy (non-hydrogen) atoms. The fraction of sp³-hybridized carbons (Fsp3) is 0.923. The maximum absolute atomic E-state index is 12.2. The summed E-state index contributed by atoms with van der Waals surface area (Å²) in [5.41, 5.74) is 0. The summed E-state index contributed by atoms with van der Waals surface area (Å²) in [6.07, 6.45) is 3.02. The van der Waals surface area contributed by atoms with E-state index >= 15 is 0 Å². The molecule has 0 aromatic carbocycles. The lowest BCUT2D eigenvalue weighted by atomic mass is 9.89. The van der Waals surface area contributed by atoms with E-state index in [1.54, 1.807) is 4.90 Å². The van der Waals surface area contributed by atoms with Crippen LogP contribution in [0.5, 0.6) is 0 Å². The molecule has 0 spiro atoms. The number of likely N-dealkylation sites (tertiary alicyclic amines) is 1. The van der Waals surface area contributed by atoms with Gasteiger partial charge in [0.1, 0.15) is 5.25 Å². The Labute approximate surface area is 116 Å². The van der Waals surface area contributed by atoms with Crippen LogP contribution in [0.15, 0.2) is 0 Å². The molecule has 0 bridgehead atoms. The van der Waals surface area contributed by atoms with Crippen molar-refractivity contribution in [3.05, 3.63) is 0 Å². The van der Waals surface area contributed by atoms with Gasteiger partial charge in [-0.05, 0) is 25.8 Å². The third kappa shape index (κ3) is 4.18. The number of nitrogens with one attached hydrogen (secondary N) is 1. The Hall–Kier alpha value is -0.620. The minimum atomic E-state index is -3.31. The Bertz CT molecular complexity index is 408. The number of hydrogen-bond acceptors (Lipinski definition) is 4. The Kier molecular flexibility index (Phi) is 5.80. The first-order chi connectivity index (χ1) is 8.81. The Balaban J connectivity index is 2.70. The average Bonchev–Trinajstić information content (AvgIpc) is 2.36. The van der Waals surface area contributed by atoms with Gasteiger partial charge in [0.2, 0.25) is 5.91 Å². The van der Waals surface area contributed by atoms with Gasteiger partial charge in [0.05, 0.1) is 0 Å². The molecule has 6 heteroatoms. The second kappa shape index (κ2) is 6.70. The summed E-state index contributed by atoms with van der Waals surface area (Å²) < 4.78 is 22.9. The molecule has 3 atom stereocenters. The lowest BCUT2D eigenvalue weighted by Gasteiger charge is -2.39. The first-order valence-electron chi connectivity index (χ1n) is 7.02. The van der Waals surface area contributed by atoms with Crippen molar-refractivity contribution in [3.8, 4) is 0 Å². The van der Waals surface area contributed by atoms with Crippen LogP contribution in [-0.4, -0.2) is 56.4 Å². The highest BCUT2D eigenvalue weighted by atomic mass is 32.2. The number of carbonyl (C=O) groups excluding carboxylic acids is 1. The van der Waals surface area contributed by atoms with E-state index in [0.717, 1.165) is 25.6 Å². The predicted molar refractivity (Wildman–Crippen MR) is 76.7 cm³/mol. The molecule has 0 aromatic rings. The maximum atomic E-state index is 12.2. The van der Waals surface area contributed by atoms with Gasteiger partial charge in [0, 0.05) is 25.4 Å². The average molecular weight is 290 g/mol. The van der Waals surface area contributed by atoms with E-state index in [2.05, 4.69) is 19.2 Å². The Morgan fingerprint density at radius 2 is 2.05 bits per heavy atom. The number of piperidine rings is 1. The number of amides is 1. The van der Waals surface area contributed by atoms with Crippen LogP contribution in [0.1, 0.15) is 33.6 Å². The van der Waals surface area contributed by atoms with Crippen LogP contribution < -0.4 is 5.32 Å². The van der Waals surface area contributed by atoms with Crippen molar-refractivity contribution in [1.29, 1.82) is 0 Å². The standard InChI is InChI=1S/C13H26N2O3S/c1-5-11-9-15(8-7-12(11)14-6-2)13(16)10(3)19(4,17)18/h10-12,14H,5-9H2,1-4H3. The molecule has 1 heterocycles. The van der Waals surface area contributed by atoms with Crippen LogP contribution in [0.2, 0.25) is 0 Å². The van der Waals surface area contributed by atoms with Gasteiger partial charge >= 0.3 is 0 Å². The first-order valence-corrected chi connectivity index (χ1v) is 8.97. The Morgan fingerprint density at radius 1 is 1.42 bits per heavy atom. The van der Waals surface area contributed by atoms with Crippen LogP contribution in [0.25, 0.3) is 0 Å². The largest absolute Gasteiger partial charge is 0.341 e. The van der Waals surface area contributed by atoms with Crippen LogP contribution in [0, 0.1) is 5.92 Å². The van der Waals surface area contributed by atoms with E-state index in [4.69, 9.17) is 0 Å². The highest BCUT2D eigenvalue weighted by Crippen LogP contribution is 2.21. The highest BCUT2D eigenvalue weighted by Gasteiger charge is 2.34. The van der Waals surface area contributed by atoms with Gasteiger partial charge in [-0.2, -0.15) is 0 Å². The van der Waals surface area contributed by atoms with Crippen molar-refractivity contribution in [2.75, 3.05) is 25.9 Å². The molecule has 3 unspecified atom stereocenters. The molecule has 1 saturated heterocycles. The zero-order valence-electron chi connectivity index (χ0n) is 12.3. The quantitative estimate of drug-likeness (QED) is 0.807. The molecule has 1 fully saturated rings. The van der Waals surface area contributed by atoms with Gasteiger partial charge in [0.25, 0.3) is 0 Å². The summed E-state index contributed by atoms with van der Waals surface area (Å²) in [5.74, 6) is 0.153. The lowest BCUT2D eigenvalue weighted by molar-refractivity contribution is -0.132. The first kappa shape index (κ1) is 16.4. The van der Waals surface area contributed by atoms with Crippen molar-refractivity contribution in [1.82, 2.24) is 10.2 Å². The summed E-state index contributed by atoms with van der Waals surface area (Å²) in [6.45, 7) is 7.91. The van der Waals surface area contributed by atoms with E-state index in [1.165, 1.54) is 6.92 Å². The minimum absolute atomic E-state index is 0.254. The lowest BCUT2D eigenvalue weighted by Crippen LogP contribution is -2.53. The number of hydrogen-bond donors (Lipinski definition) is 1. The zero-order valence-corrected chi connectivity index (χ0v) is 13.2. The fourth-order valence-corrected chi connectivity index (χ4v) is 3.13. The molecule has 0 aromatic heterocycles. The number of carbonyl (C=O) groups is 1. The monoisotopic (exact) mass is 290 g/mol. The van der Waals surface area contributed by atoms with E-state index in [1.807, 2.05) is 0 Å². The Morgan fingerprint density at radius 3 is 2.53 bits per heavy atom. The molecule has 1 aliphatic rings. The van der Waals surface area contributed by atoms with Crippen molar-refractivity contribution in [3.63, 3.8) is 0 Å². The molecule has 1 rings (SSSR count). The van der Waals surface area contributed by atoms with Crippen LogP contribution in [-0.2, 0) is 14.6 Å². The van der Waals surface area contributed by atoms with E-state index in [-0.39, 0.29) is 5.91 Å². The second-order valence-electron chi connectivity index (χ2n) is 5.38. The van der Waals surface area contributed by atoms with Gasteiger partial charge in [0.15, 0.2) is 9.84 Å². The highest BCUT2D eigenvalue weighted by molar-refractivity contribution is 7.92.